The number of thiazole rings is 1. The summed E-state index contributed by atoms with van der Waals surface area (Å²) in [5, 5.41) is 64.7. The average molecular weight is 1250 g/mol. The summed E-state index contributed by atoms with van der Waals surface area (Å²) in [6.07, 6.45) is 44.0. The van der Waals surface area contributed by atoms with Gasteiger partial charge in [-0.25, -0.2) is 34.3 Å². The fourth-order valence-electron chi connectivity index (χ4n) is 3.09. The first-order chi connectivity index (χ1) is 42.5. The minimum Gasteiger partial charge on any atom is -0.473 e. The molecule has 0 atom stereocenters. The highest BCUT2D eigenvalue weighted by Crippen LogP contribution is 1.91. The zero-order valence-electron chi connectivity index (χ0n) is 44.0. The Morgan fingerprint density at radius 2 is 1.08 bits per heavy atom. The number of aromatic amines is 7. The maximum Gasteiger partial charge on any atom is 0.213 e. The van der Waals surface area contributed by atoms with Crippen LogP contribution in [-0.4, -0.2) is 146 Å². The van der Waals surface area contributed by atoms with Crippen LogP contribution in [0.2, 0.25) is 0 Å². The predicted molar refractivity (Wildman–Crippen MR) is 312 cm³/mol. The maximum atomic E-state index is 4.58. The van der Waals surface area contributed by atoms with E-state index in [1.54, 1.807) is 132 Å². The van der Waals surface area contributed by atoms with Crippen LogP contribution in [0.5, 0.6) is 0 Å². The van der Waals surface area contributed by atoms with Crippen molar-refractivity contribution in [2.75, 3.05) is 0 Å². The molecule has 7 N–H and O–H groups in total. The molecule has 0 aliphatic rings. The van der Waals surface area contributed by atoms with Crippen LogP contribution in [-0.2, 0) is 0 Å². The Labute approximate surface area is 502 Å². The molecule has 0 unspecified atom stereocenters. The van der Waals surface area contributed by atoms with Gasteiger partial charge in [-0.1, -0.05) is 27.7 Å². The van der Waals surface area contributed by atoms with E-state index in [1.165, 1.54) is 117 Å². The molecule has 0 amide bonds. The van der Waals surface area contributed by atoms with E-state index in [4.69, 9.17) is 0 Å². The van der Waals surface area contributed by atoms with Crippen molar-refractivity contribution in [3.63, 3.8) is 0 Å². The van der Waals surface area contributed by atoms with E-state index in [2.05, 4.69) is 168 Å². The lowest BCUT2D eigenvalue weighted by molar-refractivity contribution is 0.416. The molecule has 0 fully saturated rings. The number of tetrazole rings is 1. The number of H-pyrrole nitrogens is 7. The van der Waals surface area contributed by atoms with Gasteiger partial charge in [0.1, 0.15) is 60.7 Å². The molecule has 39 heteroatoms. The first-order valence-electron chi connectivity index (χ1n) is 22.6. The highest BCUT2D eigenvalue weighted by molar-refractivity contribution is 7.08. The van der Waals surface area contributed by atoms with Gasteiger partial charge in [0.15, 0.2) is 19.0 Å². The molecular formula is C46H53N29O5S5. The summed E-state index contributed by atoms with van der Waals surface area (Å²) in [7, 11) is 0. The zero-order chi connectivity index (χ0) is 60.1. The van der Waals surface area contributed by atoms with Gasteiger partial charge in [-0.15, -0.1) is 53.3 Å². The van der Waals surface area contributed by atoms with E-state index >= 15 is 0 Å². The monoisotopic (exact) mass is 1250 g/mol. The van der Waals surface area contributed by atoms with Crippen LogP contribution >= 0.6 is 57.1 Å². The summed E-state index contributed by atoms with van der Waals surface area (Å²) >= 11 is 7.62. The molecule has 17 aromatic heterocycles. The zero-order valence-corrected chi connectivity index (χ0v) is 48.1. The largest absolute Gasteiger partial charge is 0.473 e. The molecule has 0 saturated heterocycles. The number of thiophene rings is 1. The molecule has 85 heavy (non-hydrogen) atoms. The fraction of sp³-hybridized carbons (Fsp3) is 0. The standard InChI is InChI=1S/C4H5N.C4H4O.C4H4S.3C3H4N2.2C3H3NO.2C3H3NS.2C2H3N3.2C2H2N2O.2C2H2N2S.CH2N4/c3*1-2-4-5-3-1;1-2-5-3-4-1;2*1-2-4-5-3-1;1-2-5-3-4-1;1-2-4-5-3-1;1-2-5-3-4-1;1-2-4-5-3-1;2*1-3-2-5-4-1;1-3-4-2-5-1;1-3-2-5-4-1;1-3-4-2-5-1;1-3-2-5-4-1;1-2-4-5-3-1/h1-5H;2*1-4H;3*1-3H,(H,4,5);4*1-3H;2*1-2H,(H,3,4,5);4*1-2H;1H,(H,2,3,4,5). The second-order valence-electron chi connectivity index (χ2n) is 11.7. The van der Waals surface area contributed by atoms with E-state index in [1.807, 2.05) is 88.5 Å². The number of nitrogens with zero attached hydrogens (tertiary/aromatic N) is 22. The number of imidazole rings is 1. The number of nitrogens with one attached hydrogen (secondary N) is 7. The van der Waals surface area contributed by atoms with Gasteiger partial charge >= 0.3 is 0 Å². The van der Waals surface area contributed by atoms with Crippen molar-refractivity contribution in [2.45, 2.75) is 0 Å². The summed E-state index contributed by atoms with van der Waals surface area (Å²) in [4.78, 5) is 30.8. The summed E-state index contributed by atoms with van der Waals surface area (Å²) < 4.78 is 29.4. The topological polar surface area (TPSA) is 460 Å². The summed E-state index contributed by atoms with van der Waals surface area (Å²) in [6, 6.07) is 18.9. The minimum atomic E-state index is 1.26. The maximum absolute atomic E-state index is 4.58. The molecule has 0 aliphatic carbocycles. The average Bonchev–Trinajstić information content (AvgIpc) is 4.45. The molecule has 0 spiro atoms. The molecule has 442 valence electrons. The molecule has 0 radical (unpaired) electrons. The number of oxazole rings is 1. The van der Waals surface area contributed by atoms with Crippen molar-refractivity contribution in [1.29, 1.82) is 0 Å². The summed E-state index contributed by atoms with van der Waals surface area (Å²) in [6.45, 7) is 0. The SMILES string of the molecule is c1c[nH]cn1.c1cc[nH]c1.c1ccoc1.c1ccsc1.c1cn[nH]c1.c1cn[nH]c1.c1cnoc1.c1cnsc1.c1cocn1.c1cscn1.c1nc[nH]n1.c1nc[nH]n1.c1ncon1.c1ncsn1.c1nn[nH]n1.c1nnco1.c1nncs1. The fourth-order valence-corrected chi connectivity index (χ4v) is 4.79. The number of hydrogen-bond donors (Lipinski definition) is 7. The van der Waals surface area contributed by atoms with Crippen molar-refractivity contribution < 1.29 is 22.3 Å². The van der Waals surface area contributed by atoms with Crippen molar-refractivity contribution >= 4 is 57.1 Å². The van der Waals surface area contributed by atoms with Gasteiger partial charge in [-0.3, -0.25) is 25.4 Å². The van der Waals surface area contributed by atoms with E-state index in [0.717, 1.165) is 0 Å². The second kappa shape index (κ2) is 68.4. The molecule has 0 saturated carbocycles. The lowest BCUT2D eigenvalue weighted by Gasteiger charge is -1.50. The molecule has 0 aromatic carbocycles. The third-order valence-corrected chi connectivity index (χ3v) is 8.55. The summed E-state index contributed by atoms with van der Waals surface area (Å²) in [5.74, 6) is 0. The van der Waals surface area contributed by atoms with Crippen LogP contribution in [0, 0.1) is 0 Å². The molecule has 0 bridgehead atoms. The first kappa shape index (κ1) is 71.3. The highest BCUT2D eigenvalue weighted by Gasteiger charge is 1.66. The predicted octanol–water partition coefficient (Wildman–Crippen LogP) is 8.93. The van der Waals surface area contributed by atoms with Crippen LogP contribution in [0.1, 0.15) is 0 Å². The number of aromatic nitrogens is 29. The Balaban J connectivity index is 0.000000452. The van der Waals surface area contributed by atoms with Gasteiger partial charge < -0.3 is 32.3 Å². The molecular weight excluding hydrogens is 1200 g/mol. The third kappa shape index (κ3) is 66.5. The molecule has 34 nitrogen and oxygen atoms in total. The Hall–Kier alpha value is -11.7. The van der Waals surface area contributed by atoms with Crippen LogP contribution in [0.4, 0.5) is 0 Å². The molecule has 17 rings (SSSR count). The Kier molecular flexibility index (Phi) is 57.4. The number of rotatable bonds is 0. The lowest BCUT2D eigenvalue weighted by Crippen LogP contribution is -1.64. The number of hydrogen-bond acceptors (Lipinski definition) is 32. The van der Waals surface area contributed by atoms with Crippen LogP contribution in [0.15, 0.2) is 302 Å². The smallest absolute Gasteiger partial charge is 0.213 e. The van der Waals surface area contributed by atoms with Crippen LogP contribution in [0.25, 0.3) is 0 Å². The van der Waals surface area contributed by atoms with Gasteiger partial charge in [0, 0.05) is 72.7 Å². The van der Waals surface area contributed by atoms with E-state index in [9.17, 15) is 0 Å². The Morgan fingerprint density at radius 1 is 0.318 bits per heavy atom. The normalized spacial score (nSPS) is 8.00. The summed E-state index contributed by atoms with van der Waals surface area (Å²) in [5.41, 5.74) is 6.83. The van der Waals surface area contributed by atoms with E-state index < -0.39 is 0 Å². The second-order valence-corrected chi connectivity index (χ2v) is 15.3. The van der Waals surface area contributed by atoms with Crippen molar-refractivity contribution in [3.8, 4) is 0 Å². The Morgan fingerprint density at radius 3 is 1.26 bits per heavy atom. The van der Waals surface area contributed by atoms with Crippen LogP contribution in [0.3, 0.4) is 0 Å². The van der Waals surface area contributed by atoms with E-state index in [-0.39, 0.29) is 0 Å². The Bertz CT molecular complexity index is 2000. The quantitative estimate of drug-likeness (QED) is 0.0744. The molecule has 0 aliphatic heterocycles. The van der Waals surface area contributed by atoms with Gasteiger partial charge in [0.2, 0.25) is 19.2 Å². The van der Waals surface area contributed by atoms with Crippen molar-refractivity contribution in [2.24, 2.45) is 0 Å². The third-order valence-electron chi connectivity index (χ3n) is 6.02. The van der Waals surface area contributed by atoms with Gasteiger partial charge in [-0.05, 0) is 82.4 Å². The minimum absolute atomic E-state index is 1.26. The number of furan rings is 1. The van der Waals surface area contributed by atoms with Gasteiger partial charge in [0.05, 0.1) is 36.8 Å². The lowest BCUT2D eigenvalue weighted by atomic mass is 10.7. The van der Waals surface area contributed by atoms with Gasteiger partial charge in [-0.2, -0.15) is 41.3 Å². The van der Waals surface area contributed by atoms with E-state index in [0.29, 0.717) is 0 Å². The van der Waals surface area contributed by atoms with Gasteiger partial charge in [0.25, 0.3) is 0 Å². The van der Waals surface area contributed by atoms with Crippen LogP contribution < -0.4 is 0 Å². The first-order valence-corrected chi connectivity index (χ1v) is 27.2. The van der Waals surface area contributed by atoms with Crippen molar-refractivity contribution in [1.82, 2.24) is 146 Å². The highest BCUT2D eigenvalue weighted by atomic mass is 32.1. The molecule has 17 heterocycles. The molecule has 17 aromatic rings. The van der Waals surface area contributed by atoms with Crippen molar-refractivity contribution in [3.05, 3.63) is 280 Å².